The summed E-state index contributed by atoms with van der Waals surface area (Å²) in [5.74, 6) is 0.849. The third-order valence-electron chi connectivity index (χ3n) is 4.39. The van der Waals surface area contributed by atoms with Crippen LogP contribution < -0.4 is 10.6 Å². The van der Waals surface area contributed by atoms with Crippen LogP contribution in [0.1, 0.15) is 12.8 Å². The lowest BCUT2D eigenvalue weighted by Crippen LogP contribution is -2.50. The van der Waals surface area contributed by atoms with Crippen LogP contribution in [-0.4, -0.2) is 64.2 Å². The van der Waals surface area contributed by atoms with Gasteiger partial charge in [0.2, 0.25) is 5.91 Å². The number of hydrogen-bond donors (Lipinski definition) is 2. The first-order chi connectivity index (χ1) is 10.1. The van der Waals surface area contributed by atoms with Crippen LogP contribution in [0.3, 0.4) is 0 Å². The van der Waals surface area contributed by atoms with E-state index in [4.69, 9.17) is 5.73 Å². The Morgan fingerprint density at radius 1 is 1.24 bits per heavy atom. The molecule has 0 bridgehead atoms. The maximum absolute atomic E-state index is 12.4. The number of piperazine rings is 1. The number of anilines is 1. The molecule has 1 aliphatic heterocycles. The fourth-order valence-electron chi connectivity index (χ4n) is 3.12. The van der Waals surface area contributed by atoms with Crippen molar-refractivity contribution < 1.29 is 9.90 Å². The summed E-state index contributed by atoms with van der Waals surface area (Å²) in [5.41, 5.74) is 5.79. The summed E-state index contributed by atoms with van der Waals surface area (Å²) in [5, 5.41) is 9.69. The SMILES string of the molecule is N[C@@H]1C[C@H](C(=O)N2CCN(c3cnccn3)CC2)C[C@H]1O. The van der Waals surface area contributed by atoms with Crippen molar-refractivity contribution >= 4 is 11.7 Å². The van der Waals surface area contributed by atoms with Crippen molar-refractivity contribution in [2.45, 2.75) is 25.0 Å². The fourth-order valence-corrected chi connectivity index (χ4v) is 3.12. The molecule has 0 spiro atoms. The maximum atomic E-state index is 12.4. The molecule has 2 fully saturated rings. The number of aromatic nitrogens is 2. The van der Waals surface area contributed by atoms with Crippen molar-refractivity contribution in [2.24, 2.45) is 11.7 Å². The molecule has 1 aliphatic carbocycles. The molecule has 21 heavy (non-hydrogen) atoms. The van der Waals surface area contributed by atoms with Crippen molar-refractivity contribution in [2.75, 3.05) is 31.1 Å². The monoisotopic (exact) mass is 291 g/mol. The molecular weight excluding hydrogens is 270 g/mol. The largest absolute Gasteiger partial charge is 0.391 e. The van der Waals surface area contributed by atoms with Gasteiger partial charge < -0.3 is 20.6 Å². The first kappa shape index (κ1) is 14.2. The molecule has 1 aromatic heterocycles. The molecule has 1 saturated carbocycles. The van der Waals surface area contributed by atoms with Crippen molar-refractivity contribution in [1.29, 1.82) is 0 Å². The van der Waals surface area contributed by atoms with Gasteiger partial charge in [0.05, 0.1) is 12.3 Å². The molecule has 0 unspecified atom stereocenters. The van der Waals surface area contributed by atoms with Gasteiger partial charge in [-0.05, 0) is 12.8 Å². The smallest absolute Gasteiger partial charge is 0.225 e. The van der Waals surface area contributed by atoms with Gasteiger partial charge in [0.1, 0.15) is 5.82 Å². The molecule has 114 valence electrons. The van der Waals surface area contributed by atoms with E-state index in [2.05, 4.69) is 14.9 Å². The van der Waals surface area contributed by atoms with Crippen LogP contribution in [0.25, 0.3) is 0 Å². The average Bonchev–Trinajstić information content (AvgIpc) is 2.87. The first-order valence-corrected chi connectivity index (χ1v) is 7.38. The number of rotatable bonds is 2. The Morgan fingerprint density at radius 2 is 2.00 bits per heavy atom. The van der Waals surface area contributed by atoms with E-state index < -0.39 is 6.10 Å². The van der Waals surface area contributed by atoms with Gasteiger partial charge in [0, 0.05) is 50.5 Å². The number of amides is 1. The second kappa shape index (κ2) is 5.95. The molecule has 2 heterocycles. The summed E-state index contributed by atoms with van der Waals surface area (Å²) in [4.78, 5) is 24.8. The van der Waals surface area contributed by atoms with E-state index in [9.17, 15) is 9.90 Å². The number of aliphatic hydroxyl groups excluding tert-OH is 1. The second-order valence-corrected chi connectivity index (χ2v) is 5.78. The van der Waals surface area contributed by atoms with Crippen LogP contribution >= 0.6 is 0 Å². The molecule has 3 N–H and O–H groups in total. The van der Waals surface area contributed by atoms with E-state index in [-0.39, 0.29) is 17.9 Å². The Bertz CT molecular complexity index is 479. The molecule has 3 atom stereocenters. The highest BCUT2D eigenvalue weighted by Gasteiger charge is 2.37. The minimum absolute atomic E-state index is 0.126. The Kier molecular flexibility index (Phi) is 4.03. The van der Waals surface area contributed by atoms with Crippen LogP contribution in [0.4, 0.5) is 5.82 Å². The molecule has 1 amide bonds. The Hall–Kier alpha value is -1.73. The minimum Gasteiger partial charge on any atom is -0.391 e. The van der Waals surface area contributed by atoms with E-state index in [1.54, 1.807) is 18.6 Å². The molecule has 3 rings (SSSR count). The van der Waals surface area contributed by atoms with Crippen LogP contribution in [0, 0.1) is 5.92 Å². The Labute approximate surface area is 123 Å². The summed E-state index contributed by atoms with van der Waals surface area (Å²) in [6, 6.07) is -0.264. The number of hydrogen-bond acceptors (Lipinski definition) is 6. The average molecular weight is 291 g/mol. The number of carbonyl (C=O) groups is 1. The van der Waals surface area contributed by atoms with Crippen LogP contribution in [0.5, 0.6) is 0 Å². The molecule has 7 heteroatoms. The Morgan fingerprint density at radius 3 is 2.57 bits per heavy atom. The minimum atomic E-state index is -0.542. The predicted molar refractivity (Wildman–Crippen MR) is 77.5 cm³/mol. The van der Waals surface area contributed by atoms with Gasteiger partial charge in [-0.2, -0.15) is 0 Å². The van der Waals surface area contributed by atoms with Gasteiger partial charge in [-0.1, -0.05) is 0 Å². The normalized spacial score (nSPS) is 29.7. The number of carbonyl (C=O) groups excluding carboxylic acids is 1. The number of aliphatic hydroxyl groups is 1. The van der Waals surface area contributed by atoms with E-state index in [1.165, 1.54) is 0 Å². The summed E-state index contributed by atoms with van der Waals surface area (Å²) in [7, 11) is 0. The highest BCUT2D eigenvalue weighted by atomic mass is 16.3. The van der Waals surface area contributed by atoms with Crippen LogP contribution in [0.2, 0.25) is 0 Å². The predicted octanol–water partition coefficient (Wildman–Crippen LogP) is -0.777. The summed E-state index contributed by atoms with van der Waals surface area (Å²) >= 11 is 0. The van der Waals surface area contributed by atoms with Gasteiger partial charge in [-0.15, -0.1) is 0 Å². The molecule has 2 aliphatic rings. The highest BCUT2D eigenvalue weighted by Crippen LogP contribution is 2.27. The highest BCUT2D eigenvalue weighted by molar-refractivity contribution is 5.79. The van der Waals surface area contributed by atoms with Crippen LogP contribution in [-0.2, 0) is 4.79 Å². The molecule has 1 aromatic rings. The molecule has 0 aromatic carbocycles. The maximum Gasteiger partial charge on any atom is 0.225 e. The van der Waals surface area contributed by atoms with Crippen molar-refractivity contribution in [1.82, 2.24) is 14.9 Å². The topological polar surface area (TPSA) is 95.6 Å². The fraction of sp³-hybridized carbons (Fsp3) is 0.643. The standard InChI is InChI=1S/C14H21N5O2/c15-11-7-10(8-12(11)20)14(21)19-5-3-18(4-6-19)13-9-16-1-2-17-13/h1-2,9-12,20H,3-8,15H2/t10-,11+,12+/m0/s1. The van der Waals surface area contributed by atoms with Crippen LogP contribution in [0.15, 0.2) is 18.6 Å². The Balaban J connectivity index is 1.55. The van der Waals surface area contributed by atoms with Gasteiger partial charge in [0.25, 0.3) is 0 Å². The van der Waals surface area contributed by atoms with E-state index in [0.717, 1.165) is 18.9 Å². The molecule has 1 saturated heterocycles. The zero-order valence-electron chi connectivity index (χ0n) is 11.9. The van der Waals surface area contributed by atoms with Gasteiger partial charge in [-0.3, -0.25) is 9.78 Å². The summed E-state index contributed by atoms with van der Waals surface area (Å²) < 4.78 is 0. The number of nitrogens with zero attached hydrogens (tertiary/aromatic N) is 4. The lowest BCUT2D eigenvalue weighted by atomic mass is 10.1. The third kappa shape index (κ3) is 2.98. The third-order valence-corrected chi connectivity index (χ3v) is 4.39. The van der Waals surface area contributed by atoms with Crippen molar-refractivity contribution in [3.05, 3.63) is 18.6 Å². The quantitative estimate of drug-likeness (QED) is 0.742. The summed E-state index contributed by atoms with van der Waals surface area (Å²) in [6.07, 6.45) is 5.60. The first-order valence-electron chi connectivity index (χ1n) is 7.38. The van der Waals surface area contributed by atoms with Gasteiger partial charge in [-0.25, -0.2) is 4.98 Å². The number of nitrogens with two attached hydrogens (primary N) is 1. The zero-order chi connectivity index (χ0) is 14.8. The van der Waals surface area contributed by atoms with Gasteiger partial charge in [0.15, 0.2) is 0 Å². The van der Waals surface area contributed by atoms with Gasteiger partial charge >= 0.3 is 0 Å². The lowest BCUT2D eigenvalue weighted by Gasteiger charge is -2.36. The molecule has 7 nitrogen and oxygen atoms in total. The van der Waals surface area contributed by atoms with E-state index in [0.29, 0.717) is 25.9 Å². The molecular formula is C14H21N5O2. The van der Waals surface area contributed by atoms with Crippen molar-refractivity contribution in [3.8, 4) is 0 Å². The van der Waals surface area contributed by atoms with E-state index >= 15 is 0 Å². The second-order valence-electron chi connectivity index (χ2n) is 5.78. The zero-order valence-corrected chi connectivity index (χ0v) is 11.9. The van der Waals surface area contributed by atoms with Crippen molar-refractivity contribution in [3.63, 3.8) is 0 Å². The van der Waals surface area contributed by atoms with E-state index in [1.807, 2.05) is 4.90 Å². The summed E-state index contributed by atoms with van der Waals surface area (Å²) in [6.45, 7) is 2.87. The lowest BCUT2D eigenvalue weighted by molar-refractivity contribution is -0.135. The molecule has 0 radical (unpaired) electrons.